The molecule has 2 saturated carbocycles. The highest BCUT2D eigenvalue weighted by Crippen LogP contribution is 2.44. The minimum absolute atomic E-state index is 0.0176. The summed E-state index contributed by atoms with van der Waals surface area (Å²) in [6, 6.07) is 3.14. The van der Waals surface area contributed by atoms with Crippen LogP contribution in [-0.4, -0.2) is 84.5 Å². The highest BCUT2D eigenvalue weighted by atomic mass is 32.2. The third-order valence-electron chi connectivity index (χ3n) is 6.86. The zero-order valence-corrected chi connectivity index (χ0v) is 22.3. The van der Waals surface area contributed by atoms with E-state index in [1.165, 1.54) is 22.5 Å². The van der Waals surface area contributed by atoms with Gasteiger partial charge in [0.25, 0.3) is 0 Å². The third-order valence-corrected chi connectivity index (χ3v) is 7.91. The van der Waals surface area contributed by atoms with Gasteiger partial charge in [0.1, 0.15) is 18.8 Å². The Hall–Kier alpha value is -2.94. The number of halogens is 2. The van der Waals surface area contributed by atoms with Crippen molar-refractivity contribution >= 4 is 34.7 Å². The van der Waals surface area contributed by atoms with Crippen molar-refractivity contribution in [2.75, 3.05) is 24.3 Å². The van der Waals surface area contributed by atoms with Crippen LogP contribution < -0.4 is 5.32 Å². The third kappa shape index (κ3) is 5.83. The monoisotopic (exact) mass is 564 g/mol. The number of nitrogens with one attached hydrogen (secondary N) is 1. The van der Waals surface area contributed by atoms with Gasteiger partial charge in [-0.15, -0.1) is 5.10 Å². The predicted octanol–water partition coefficient (Wildman–Crippen LogP) is 2.58. The Morgan fingerprint density at radius 3 is 2.74 bits per heavy atom. The SMILES string of the molecule is CCCSc1nc(NC2C[C@@H]2c2ccc(F)c(F)c2)c2nnn(C3C[C@H](OCC(=O)OCC)[C@@H](O)[C@H]3O)c2n1. The number of nitrogens with zero attached hydrogens (tertiary/aromatic N) is 5. The van der Waals surface area contributed by atoms with Gasteiger partial charge in [-0.2, -0.15) is 0 Å². The molecule has 0 radical (unpaired) electrons. The van der Waals surface area contributed by atoms with Crippen molar-refractivity contribution in [2.45, 2.75) is 74.6 Å². The van der Waals surface area contributed by atoms with Gasteiger partial charge >= 0.3 is 5.97 Å². The first-order valence-corrected chi connectivity index (χ1v) is 13.9. The van der Waals surface area contributed by atoms with Crippen LogP contribution in [0.1, 0.15) is 50.6 Å². The molecule has 2 fully saturated rings. The van der Waals surface area contributed by atoms with Crippen molar-refractivity contribution in [1.82, 2.24) is 25.0 Å². The molecule has 2 unspecified atom stereocenters. The van der Waals surface area contributed by atoms with Crippen LogP contribution in [0.5, 0.6) is 0 Å². The molecule has 3 N–H and O–H groups in total. The summed E-state index contributed by atoms with van der Waals surface area (Å²) < 4.78 is 39.0. The zero-order chi connectivity index (χ0) is 27.7. The average molecular weight is 565 g/mol. The van der Waals surface area contributed by atoms with Crippen molar-refractivity contribution < 1.29 is 33.3 Å². The standard InChI is InChI=1S/C25H30F2N6O5S/c1-3-7-39-25-29-23(28-16-9-13(16)12-5-6-14(26)15(27)8-12)20-24(30-25)33(32-31-20)17-10-18(22(36)21(17)35)38-11-19(34)37-4-2/h5-6,8,13,16-18,21-22,35-36H,3-4,7,9-11H2,1-2H3,(H,28,29,30)/t13-,16?,17?,18+,21+,22-/m1/s1. The van der Waals surface area contributed by atoms with E-state index in [4.69, 9.17) is 9.47 Å². The number of aliphatic hydroxyl groups excluding tert-OH is 2. The Morgan fingerprint density at radius 1 is 1.18 bits per heavy atom. The number of thioether (sulfide) groups is 1. The molecule has 11 nitrogen and oxygen atoms in total. The van der Waals surface area contributed by atoms with Crippen molar-refractivity contribution in [2.24, 2.45) is 0 Å². The number of anilines is 1. The number of hydrogen-bond acceptors (Lipinski definition) is 11. The second kappa shape index (κ2) is 11.7. The molecule has 2 heterocycles. The first kappa shape index (κ1) is 27.6. The van der Waals surface area contributed by atoms with Crippen molar-refractivity contribution in [3.05, 3.63) is 35.4 Å². The van der Waals surface area contributed by atoms with Gasteiger partial charge in [0.15, 0.2) is 33.8 Å². The average Bonchev–Trinajstić information content (AvgIpc) is 3.46. The van der Waals surface area contributed by atoms with Gasteiger partial charge in [-0.1, -0.05) is 30.0 Å². The molecule has 0 saturated heterocycles. The highest BCUT2D eigenvalue weighted by Gasteiger charge is 2.45. The molecule has 6 atom stereocenters. The minimum atomic E-state index is -1.25. The molecule has 2 aromatic heterocycles. The fourth-order valence-corrected chi connectivity index (χ4v) is 5.48. The lowest BCUT2D eigenvalue weighted by Crippen LogP contribution is -2.34. The summed E-state index contributed by atoms with van der Waals surface area (Å²) >= 11 is 1.46. The summed E-state index contributed by atoms with van der Waals surface area (Å²) in [7, 11) is 0. The van der Waals surface area contributed by atoms with E-state index in [9.17, 15) is 23.8 Å². The Labute approximate surface area is 227 Å². The number of carbonyl (C=O) groups excluding carboxylic acids is 1. The van der Waals surface area contributed by atoms with E-state index in [-0.39, 0.29) is 31.6 Å². The molecule has 2 aliphatic rings. The maximum absolute atomic E-state index is 13.8. The largest absolute Gasteiger partial charge is 0.464 e. The summed E-state index contributed by atoms with van der Waals surface area (Å²) in [5, 5.41) is 33.7. The Balaban J connectivity index is 1.38. The number of aliphatic hydroxyl groups is 2. The van der Waals surface area contributed by atoms with Gasteiger partial charge in [0.05, 0.1) is 18.8 Å². The summed E-state index contributed by atoms with van der Waals surface area (Å²) in [5.74, 6) is -1.12. The van der Waals surface area contributed by atoms with Crippen molar-refractivity contribution in [1.29, 1.82) is 0 Å². The van der Waals surface area contributed by atoms with Crippen LogP contribution in [0.2, 0.25) is 0 Å². The molecular formula is C25H30F2N6O5S. The van der Waals surface area contributed by atoms with Crippen molar-refractivity contribution in [3.8, 4) is 0 Å². The summed E-state index contributed by atoms with van der Waals surface area (Å²) in [5.41, 5.74) is 1.45. The van der Waals surface area contributed by atoms with Crippen LogP contribution in [0.4, 0.5) is 14.6 Å². The minimum Gasteiger partial charge on any atom is -0.464 e. The molecule has 3 aromatic rings. The second-order valence-corrected chi connectivity index (χ2v) is 10.7. The molecule has 14 heteroatoms. The topological polar surface area (TPSA) is 145 Å². The van der Waals surface area contributed by atoms with E-state index in [0.29, 0.717) is 34.1 Å². The van der Waals surface area contributed by atoms with Gasteiger partial charge in [0, 0.05) is 24.1 Å². The molecule has 0 amide bonds. The first-order chi connectivity index (χ1) is 18.8. The van der Waals surface area contributed by atoms with E-state index in [2.05, 4.69) is 25.6 Å². The number of esters is 1. The Kier molecular flexibility index (Phi) is 8.26. The molecule has 0 spiro atoms. The van der Waals surface area contributed by atoms with Crippen LogP contribution in [0, 0.1) is 11.6 Å². The Morgan fingerprint density at radius 2 is 2.00 bits per heavy atom. The number of carbonyl (C=O) groups is 1. The Bertz CT molecular complexity index is 1350. The molecule has 210 valence electrons. The number of fused-ring (bicyclic) bond motifs is 1. The number of hydrogen-bond donors (Lipinski definition) is 3. The van der Waals surface area contributed by atoms with E-state index >= 15 is 0 Å². The normalized spacial score (nSPS) is 26.2. The number of benzene rings is 1. The lowest BCUT2D eigenvalue weighted by Gasteiger charge is -2.17. The van der Waals surface area contributed by atoms with Crippen LogP contribution in [0.15, 0.2) is 23.4 Å². The first-order valence-electron chi connectivity index (χ1n) is 12.9. The smallest absolute Gasteiger partial charge is 0.332 e. The molecule has 0 aliphatic heterocycles. The number of ether oxygens (including phenoxy) is 2. The summed E-state index contributed by atoms with van der Waals surface area (Å²) in [6.07, 6.45) is -1.52. The summed E-state index contributed by atoms with van der Waals surface area (Å²) in [6.45, 7) is 3.59. The quantitative estimate of drug-likeness (QED) is 0.180. The van der Waals surface area contributed by atoms with E-state index in [1.807, 2.05) is 6.92 Å². The fraction of sp³-hybridized carbons (Fsp3) is 0.560. The number of aromatic nitrogens is 5. The highest BCUT2D eigenvalue weighted by molar-refractivity contribution is 7.99. The zero-order valence-electron chi connectivity index (χ0n) is 21.5. The molecule has 1 aromatic carbocycles. The lowest BCUT2D eigenvalue weighted by atomic mass is 10.1. The second-order valence-electron chi connectivity index (χ2n) is 9.61. The van der Waals surface area contributed by atoms with Gasteiger partial charge in [-0.3, -0.25) is 0 Å². The number of rotatable bonds is 11. The van der Waals surface area contributed by atoms with Gasteiger partial charge < -0.3 is 25.0 Å². The molecule has 39 heavy (non-hydrogen) atoms. The van der Waals surface area contributed by atoms with Gasteiger partial charge in [-0.25, -0.2) is 28.2 Å². The maximum Gasteiger partial charge on any atom is 0.332 e. The maximum atomic E-state index is 13.8. The molecular weight excluding hydrogens is 534 g/mol. The van der Waals surface area contributed by atoms with Crippen LogP contribution in [0.3, 0.4) is 0 Å². The lowest BCUT2D eigenvalue weighted by molar-refractivity contribution is -0.153. The fourth-order valence-electron chi connectivity index (χ4n) is 4.79. The molecule has 5 rings (SSSR count). The van der Waals surface area contributed by atoms with Crippen LogP contribution >= 0.6 is 11.8 Å². The van der Waals surface area contributed by atoms with E-state index < -0.39 is 42.0 Å². The van der Waals surface area contributed by atoms with Crippen molar-refractivity contribution in [3.63, 3.8) is 0 Å². The summed E-state index contributed by atoms with van der Waals surface area (Å²) in [4.78, 5) is 21.0. The molecule has 2 aliphatic carbocycles. The predicted molar refractivity (Wildman–Crippen MR) is 137 cm³/mol. The van der Waals surface area contributed by atoms with E-state index in [0.717, 1.165) is 18.2 Å². The van der Waals surface area contributed by atoms with E-state index in [1.54, 1.807) is 13.0 Å². The van der Waals surface area contributed by atoms with Crippen LogP contribution in [0.25, 0.3) is 11.2 Å². The van der Waals surface area contributed by atoms with Crippen LogP contribution in [-0.2, 0) is 14.3 Å². The van der Waals surface area contributed by atoms with Gasteiger partial charge in [0.2, 0.25) is 0 Å². The molecule has 0 bridgehead atoms. The van der Waals surface area contributed by atoms with Gasteiger partial charge in [-0.05, 0) is 37.5 Å².